The summed E-state index contributed by atoms with van der Waals surface area (Å²) in [6.07, 6.45) is 0. The zero-order chi connectivity index (χ0) is 10.4. The van der Waals surface area contributed by atoms with Crippen LogP contribution in [0.5, 0.6) is 0 Å². The second-order valence-corrected chi connectivity index (χ2v) is 4.59. The van der Waals surface area contributed by atoms with Crippen molar-refractivity contribution in [1.29, 1.82) is 0 Å². The molecule has 1 aliphatic heterocycles. The summed E-state index contributed by atoms with van der Waals surface area (Å²) in [6.45, 7) is 2.57. The summed E-state index contributed by atoms with van der Waals surface area (Å²) < 4.78 is 0. The molecule has 1 amide bonds. The third-order valence-electron chi connectivity index (χ3n) is 2.29. The van der Waals surface area contributed by atoms with Gasteiger partial charge in [0, 0.05) is 38.2 Å². The maximum atomic E-state index is 11.8. The minimum Gasteiger partial charge on any atom is -0.343 e. The lowest BCUT2D eigenvalue weighted by atomic mass is 10.3. The Bertz CT molecular complexity index is 183. The van der Waals surface area contributed by atoms with Crippen molar-refractivity contribution in [2.24, 2.45) is 0 Å². The van der Waals surface area contributed by atoms with Crippen LogP contribution in [0.3, 0.4) is 0 Å². The lowest BCUT2D eigenvalue weighted by Gasteiger charge is -2.27. The molecule has 1 aliphatic rings. The highest BCUT2D eigenvalue weighted by atomic mass is 32.2. The van der Waals surface area contributed by atoms with Gasteiger partial charge in [-0.25, -0.2) is 0 Å². The van der Waals surface area contributed by atoms with Gasteiger partial charge in [0.25, 0.3) is 0 Å². The van der Waals surface area contributed by atoms with Gasteiger partial charge in [-0.15, -0.1) is 0 Å². The Kier molecular flexibility index (Phi) is 5.29. The van der Waals surface area contributed by atoms with Crippen LogP contribution in [0, 0.1) is 0 Å². The van der Waals surface area contributed by atoms with Gasteiger partial charge in [0.15, 0.2) is 0 Å². The van der Waals surface area contributed by atoms with Crippen LogP contribution < -0.4 is 10.6 Å². The van der Waals surface area contributed by atoms with Gasteiger partial charge < -0.3 is 15.5 Å². The van der Waals surface area contributed by atoms with Crippen molar-refractivity contribution in [2.45, 2.75) is 6.04 Å². The number of nitrogens with one attached hydrogen (secondary N) is 2. The van der Waals surface area contributed by atoms with E-state index < -0.39 is 0 Å². The summed E-state index contributed by atoms with van der Waals surface area (Å²) in [5.41, 5.74) is 0. The van der Waals surface area contributed by atoms with Crippen molar-refractivity contribution in [3.8, 4) is 0 Å². The molecule has 5 heteroatoms. The number of hydrogen-bond donors (Lipinski definition) is 2. The largest absolute Gasteiger partial charge is 0.343 e. The van der Waals surface area contributed by atoms with Crippen LogP contribution in [0.1, 0.15) is 0 Å². The van der Waals surface area contributed by atoms with Crippen LogP contribution >= 0.6 is 11.8 Å². The fourth-order valence-electron chi connectivity index (χ4n) is 1.38. The number of carbonyl (C=O) groups excluding carboxylic acids is 1. The molecule has 1 heterocycles. The van der Waals surface area contributed by atoms with E-state index in [4.69, 9.17) is 0 Å². The van der Waals surface area contributed by atoms with Crippen LogP contribution in [0.2, 0.25) is 0 Å². The molecule has 1 rings (SSSR count). The quantitative estimate of drug-likeness (QED) is 0.658. The van der Waals surface area contributed by atoms with Crippen molar-refractivity contribution >= 4 is 17.7 Å². The summed E-state index contributed by atoms with van der Waals surface area (Å²) in [6, 6.07) is 0.0237. The number of thioether (sulfide) groups is 1. The molecular weight excluding hydrogens is 198 g/mol. The highest BCUT2D eigenvalue weighted by Gasteiger charge is 2.23. The Morgan fingerprint density at radius 2 is 2.50 bits per heavy atom. The minimum absolute atomic E-state index is 0.0237. The Labute approximate surface area is 89.8 Å². The predicted molar refractivity (Wildman–Crippen MR) is 60.7 cm³/mol. The van der Waals surface area contributed by atoms with E-state index in [9.17, 15) is 4.79 Å². The molecule has 82 valence electrons. The molecule has 1 atom stereocenters. The molecular formula is C9H19N3OS. The molecule has 14 heavy (non-hydrogen) atoms. The van der Waals surface area contributed by atoms with E-state index in [1.54, 1.807) is 4.90 Å². The zero-order valence-corrected chi connectivity index (χ0v) is 9.69. The van der Waals surface area contributed by atoms with Gasteiger partial charge in [-0.2, -0.15) is 11.8 Å². The molecule has 1 unspecified atom stereocenters. The number of carbonyl (C=O) groups is 1. The van der Waals surface area contributed by atoms with Gasteiger partial charge in [-0.1, -0.05) is 0 Å². The summed E-state index contributed by atoms with van der Waals surface area (Å²) in [4.78, 5) is 13.6. The first kappa shape index (κ1) is 11.8. The van der Waals surface area contributed by atoms with Gasteiger partial charge in [0.05, 0.1) is 6.04 Å². The average Bonchev–Trinajstić information content (AvgIpc) is 2.26. The SMILES string of the molecule is CNCCN(C)C(=O)C1CSCCN1. The van der Waals surface area contributed by atoms with Crippen LogP contribution in [0.25, 0.3) is 0 Å². The summed E-state index contributed by atoms with van der Waals surface area (Å²) in [5.74, 6) is 2.24. The Hall–Kier alpha value is -0.260. The molecule has 1 fully saturated rings. The molecule has 0 aliphatic carbocycles. The zero-order valence-electron chi connectivity index (χ0n) is 8.88. The second-order valence-electron chi connectivity index (χ2n) is 3.44. The molecule has 0 bridgehead atoms. The van der Waals surface area contributed by atoms with Gasteiger partial charge >= 0.3 is 0 Å². The van der Waals surface area contributed by atoms with Crippen LogP contribution in [0.15, 0.2) is 0 Å². The third-order valence-corrected chi connectivity index (χ3v) is 3.36. The lowest BCUT2D eigenvalue weighted by Crippen LogP contribution is -2.50. The maximum absolute atomic E-state index is 11.8. The maximum Gasteiger partial charge on any atom is 0.240 e. The van der Waals surface area contributed by atoms with E-state index in [1.807, 2.05) is 25.9 Å². The molecule has 0 spiro atoms. The molecule has 4 nitrogen and oxygen atoms in total. The first-order valence-electron chi connectivity index (χ1n) is 4.96. The monoisotopic (exact) mass is 217 g/mol. The second kappa shape index (κ2) is 6.27. The van der Waals surface area contributed by atoms with E-state index in [2.05, 4.69) is 10.6 Å². The lowest BCUT2D eigenvalue weighted by molar-refractivity contribution is -0.131. The Morgan fingerprint density at radius 3 is 3.07 bits per heavy atom. The Morgan fingerprint density at radius 1 is 1.71 bits per heavy atom. The van der Waals surface area contributed by atoms with Crippen molar-refractivity contribution in [3.63, 3.8) is 0 Å². The van der Waals surface area contributed by atoms with Crippen LogP contribution in [-0.2, 0) is 4.79 Å². The first-order valence-corrected chi connectivity index (χ1v) is 6.12. The topological polar surface area (TPSA) is 44.4 Å². The van der Waals surface area contributed by atoms with Gasteiger partial charge in [-0.05, 0) is 7.05 Å². The smallest absolute Gasteiger partial charge is 0.240 e. The summed E-state index contributed by atoms with van der Waals surface area (Å²) in [7, 11) is 3.76. The number of nitrogens with zero attached hydrogens (tertiary/aromatic N) is 1. The molecule has 1 saturated heterocycles. The summed E-state index contributed by atoms with van der Waals surface area (Å²) in [5, 5.41) is 6.28. The molecule has 0 aromatic heterocycles. The first-order chi connectivity index (χ1) is 6.75. The minimum atomic E-state index is 0.0237. The molecule has 0 saturated carbocycles. The Balaban J connectivity index is 2.30. The number of likely N-dealkylation sites (N-methyl/N-ethyl adjacent to an activating group) is 2. The van der Waals surface area contributed by atoms with E-state index >= 15 is 0 Å². The highest BCUT2D eigenvalue weighted by Crippen LogP contribution is 2.09. The van der Waals surface area contributed by atoms with Crippen molar-refractivity contribution in [3.05, 3.63) is 0 Å². The van der Waals surface area contributed by atoms with E-state index in [1.165, 1.54) is 0 Å². The fraction of sp³-hybridized carbons (Fsp3) is 0.889. The molecule has 0 aromatic rings. The van der Waals surface area contributed by atoms with Gasteiger partial charge in [0.2, 0.25) is 5.91 Å². The van der Waals surface area contributed by atoms with Crippen molar-refractivity contribution in [2.75, 3.05) is 45.2 Å². The van der Waals surface area contributed by atoms with E-state index in [0.717, 1.165) is 31.1 Å². The standard InChI is InChI=1S/C9H19N3OS/c1-10-3-5-12(2)9(13)8-7-14-6-4-11-8/h8,10-11H,3-7H2,1-2H3. The van der Waals surface area contributed by atoms with Crippen LogP contribution in [0.4, 0.5) is 0 Å². The average molecular weight is 217 g/mol. The van der Waals surface area contributed by atoms with E-state index in [0.29, 0.717) is 0 Å². The number of amides is 1. The third kappa shape index (κ3) is 3.48. The number of rotatable bonds is 4. The van der Waals surface area contributed by atoms with E-state index in [-0.39, 0.29) is 11.9 Å². The number of hydrogen-bond acceptors (Lipinski definition) is 4. The summed E-state index contributed by atoms with van der Waals surface area (Å²) >= 11 is 1.85. The van der Waals surface area contributed by atoms with Crippen molar-refractivity contribution < 1.29 is 4.79 Å². The van der Waals surface area contributed by atoms with Crippen molar-refractivity contribution in [1.82, 2.24) is 15.5 Å². The molecule has 0 radical (unpaired) electrons. The highest BCUT2D eigenvalue weighted by molar-refractivity contribution is 7.99. The predicted octanol–water partition coefficient (Wildman–Crippen LogP) is -0.631. The van der Waals surface area contributed by atoms with Crippen LogP contribution in [-0.4, -0.2) is 62.1 Å². The van der Waals surface area contributed by atoms with Gasteiger partial charge in [-0.3, -0.25) is 4.79 Å². The molecule has 0 aromatic carbocycles. The van der Waals surface area contributed by atoms with Gasteiger partial charge in [0.1, 0.15) is 0 Å². The normalized spacial score (nSPS) is 22.0. The fourth-order valence-corrected chi connectivity index (χ4v) is 2.30. The molecule has 2 N–H and O–H groups in total.